The Morgan fingerprint density at radius 1 is 1.00 bits per heavy atom. The number of hydrogen-bond acceptors (Lipinski definition) is 4. The van der Waals surface area contributed by atoms with Crippen molar-refractivity contribution in [3.8, 4) is 17.0 Å². The van der Waals surface area contributed by atoms with Gasteiger partial charge in [-0.3, -0.25) is 14.2 Å². The largest absolute Gasteiger partial charge is 0.497 e. The summed E-state index contributed by atoms with van der Waals surface area (Å²) in [4.78, 5) is 31.8. The van der Waals surface area contributed by atoms with E-state index in [2.05, 4.69) is 10.3 Å². The summed E-state index contributed by atoms with van der Waals surface area (Å²) < 4.78 is 6.83. The van der Waals surface area contributed by atoms with Crippen molar-refractivity contribution in [2.75, 3.05) is 12.4 Å². The summed E-state index contributed by atoms with van der Waals surface area (Å²) in [5, 5.41) is 2.99. The molecule has 1 saturated carbocycles. The fourth-order valence-electron chi connectivity index (χ4n) is 4.06. The zero-order valence-corrected chi connectivity index (χ0v) is 17.7. The number of hydrogen-bond donors (Lipinski definition) is 1. The van der Waals surface area contributed by atoms with Gasteiger partial charge in [0.15, 0.2) is 0 Å². The van der Waals surface area contributed by atoms with Crippen LogP contribution in [0.25, 0.3) is 22.3 Å². The molecule has 5 rings (SSSR count). The Bertz CT molecular complexity index is 1330. The van der Waals surface area contributed by atoms with Crippen LogP contribution in [0.5, 0.6) is 5.75 Å². The highest BCUT2D eigenvalue weighted by atomic mass is 16.5. The SMILES string of the molecule is COc1ccc(NC(=O)C(C2CC2)n2c(=O)c(-c3ccccc3)nc3ccccc32)cc1. The van der Waals surface area contributed by atoms with Crippen LogP contribution in [0.1, 0.15) is 18.9 Å². The first-order chi connectivity index (χ1) is 15.7. The summed E-state index contributed by atoms with van der Waals surface area (Å²) in [6.45, 7) is 0. The Hall–Kier alpha value is -3.93. The van der Waals surface area contributed by atoms with Gasteiger partial charge in [0.1, 0.15) is 17.5 Å². The van der Waals surface area contributed by atoms with E-state index in [-0.39, 0.29) is 17.4 Å². The molecule has 0 bridgehead atoms. The van der Waals surface area contributed by atoms with E-state index in [1.54, 1.807) is 35.9 Å². The molecule has 1 atom stereocenters. The highest BCUT2D eigenvalue weighted by molar-refractivity contribution is 5.95. The normalized spacial score (nSPS) is 14.2. The third-order valence-electron chi connectivity index (χ3n) is 5.82. The van der Waals surface area contributed by atoms with E-state index in [4.69, 9.17) is 4.74 Å². The van der Waals surface area contributed by atoms with Gasteiger partial charge >= 0.3 is 0 Å². The first-order valence-electron chi connectivity index (χ1n) is 10.7. The van der Waals surface area contributed by atoms with E-state index in [1.807, 2.05) is 54.6 Å². The zero-order valence-electron chi connectivity index (χ0n) is 17.7. The van der Waals surface area contributed by atoms with Crippen molar-refractivity contribution in [2.45, 2.75) is 18.9 Å². The standard InChI is InChI=1S/C26H23N3O3/c1-32-20-15-13-19(14-16-20)27-25(30)24(18-11-12-18)29-22-10-6-5-9-21(22)28-23(26(29)31)17-7-3-2-4-8-17/h2-10,13-16,18,24H,11-12H2,1H3,(H,27,30). The molecule has 0 spiro atoms. The molecule has 1 aliphatic rings. The lowest BCUT2D eigenvalue weighted by Gasteiger charge is -2.22. The number of fused-ring (bicyclic) bond motifs is 1. The van der Waals surface area contributed by atoms with Crippen LogP contribution in [0.15, 0.2) is 83.7 Å². The Morgan fingerprint density at radius 3 is 2.38 bits per heavy atom. The number of amides is 1. The molecule has 1 amide bonds. The number of para-hydroxylation sites is 2. The Morgan fingerprint density at radius 2 is 1.69 bits per heavy atom. The highest BCUT2D eigenvalue weighted by Crippen LogP contribution is 2.41. The monoisotopic (exact) mass is 425 g/mol. The van der Waals surface area contributed by atoms with Crippen molar-refractivity contribution in [1.82, 2.24) is 9.55 Å². The van der Waals surface area contributed by atoms with Gasteiger partial charge in [0, 0.05) is 11.3 Å². The van der Waals surface area contributed by atoms with Crippen LogP contribution in [-0.2, 0) is 4.79 Å². The lowest BCUT2D eigenvalue weighted by Crippen LogP contribution is -2.36. The smallest absolute Gasteiger partial charge is 0.278 e. The number of carbonyl (C=O) groups is 1. The van der Waals surface area contributed by atoms with Crippen molar-refractivity contribution in [3.05, 3.63) is 89.2 Å². The van der Waals surface area contributed by atoms with Crippen LogP contribution < -0.4 is 15.6 Å². The van der Waals surface area contributed by atoms with Crippen LogP contribution in [0.3, 0.4) is 0 Å². The molecule has 32 heavy (non-hydrogen) atoms. The van der Waals surface area contributed by atoms with Gasteiger partial charge in [0.2, 0.25) is 5.91 Å². The summed E-state index contributed by atoms with van der Waals surface area (Å²) in [5.74, 6) is 0.626. The molecular weight excluding hydrogens is 402 g/mol. The van der Waals surface area contributed by atoms with E-state index in [1.165, 1.54) is 0 Å². The van der Waals surface area contributed by atoms with Gasteiger partial charge in [-0.25, -0.2) is 4.98 Å². The molecule has 6 nitrogen and oxygen atoms in total. The van der Waals surface area contributed by atoms with Gasteiger partial charge in [0.25, 0.3) is 5.56 Å². The molecule has 1 unspecified atom stereocenters. The van der Waals surface area contributed by atoms with Crippen molar-refractivity contribution in [3.63, 3.8) is 0 Å². The number of rotatable bonds is 6. The van der Waals surface area contributed by atoms with E-state index >= 15 is 0 Å². The average molecular weight is 425 g/mol. The van der Waals surface area contributed by atoms with E-state index in [0.717, 1.165) is 18.4 Å². The van der Waals surface area contributed by atoms with Gasteiger partial charge < -0.3 is 10.1 Å². The molecule has 4 aromatic rings. The molecule has 1 aromatic heterocycles. The molecule has 1 fully saturated rings. The number of carbonyl (C=O) groups excluding carboxylic acids is 1. The van der Waals surface area contributed by atoms with E-state index in [9.17, 15) is 9.59 Å². The fraction of sp³-hybridized carbons (Fsp3) is 0.192. The maximum atomic E-state index is 13.7. The van der Waals surface area contributed by atoms with Gasteiger partial charge in [-0.2, -0.15) is 0 Å². The fourth-order valence-corrected chi connectivity index (χ4v) is 4.06. The maximum absolute atomic E-state index is 13.7. The van der Waals surface area contributed by atoms with Gasteiger partial charge in [0.05, 0.1) is 18.1 Å². The van der Waals surface area contributed by atoms with Crippen LogP contribution in [0.4, 0.5) is 5.69 Å². The Balaban J connectivity index is 1.62. The van der Waals surface area contributed by atoms with Crippen molar-refractivity contribution in [2.24, 2.45) is 5.92 Å². The molecule has 1 heterocycles. The number of nitrogens with one attached hydrogen (secondary N) is 1. The molecule has 160 valence electrons. The van der Waals surface area contributed by atoms with E-state index < -0.39 is 6.04 Å². The molecule has 6 heteroatoms. The van der Waals surface area contributed by atoms with E-state index in [0.29, 0.717) is 28.2 Å². The second-order valence-electron chi connectivity index (χ2n) is 7.99. The molecular formula is C26H23N3O3. The summed E-state index contributed by atoms with van der Waals surface area (Å²) >= 11 is 0. The number of benzene rings is 3. The second-order valence-corrected chi connectivity index (χ2v) is 7.99. The molecule has 3 aromatic carbocycles. The lowest BCUT2D eigenvalue weighted by atomic mass is 10.1. The minimum atomic E-state index is -0.611. The predicted octanol–water partition coefficient (Wildman–Crippen LogP) is 4.66. The van der Waals surface area contributed by atoms with Crippen molar-refractivity contribution >= 4 is 22.6 Å². The maximum Gasteiger partial charge on any atom is 0.278 e. The zero-order chi connectivity index (χ0) is 22.1. The summed E-state index contributed by atoms with van der Waals surface area (Å²) in [6.07, 6.45) is 1.81. The number of ether oxygens (including phenoxy) is 1. The van der Waals surface area contributed by atoms with Crippen LogP contribution >= 0.6 is 0 Å². The van der Waals surface area contributed by atoms with Crippen LogP contribution in [0.2, 0.25) is 0 Å². The van der Waals surface area contributed by atoms with Gasteiger partial charge in [-0.15, -0.1) is 0 Å². The van der Waals surface area contributed by atoms with Crippen molar-refractivity contribution < 1.29 is 9.53 Å². The molecule has 0 saturated heterocycles. The molecule has 1 aliphatic carbocycles. The minimum Gasteiger partial charge on any atom is -0.497 e. The average Bonchev–Trinajstić information content (AvgIpc) is 3.67. The Labute approximate surface area is 185 Å². The second kappa shape index (κ2) is 8.30. The van der Waals surface area contributed by atoms with Gasteiger partial charge in [-0.1, -0.05) is 42.5 Å². The summed E-state index contributed by atoms with van der Waals surface area (Å²) in [7, 11) is 1.60. The van der Waals surface area contributed by atoms with Crippen LogP contribution in [0, 0.1) is 5.92 Å². The number of nitrogens with zero attached hydrogens (tertiary/aromatic N) is 2. The number of methoxy groups -OCH3 is 1. The number of aromatic nitrogens is 2. The third kappa shape index (κ3) is 3.75. The first-order valence-corrected chi connectivity index (χ1v) is 10.7. The summed E-state index contributed by atoms with van der Waals surface area (Å²) in [6, 6.07) is 23.5. The lowest BCUT2D eigenvalue weighted by molar-refractivity contribution is -0.119. The van der Waals surface area contributed by atoms with Crippen molar-refractivity contribution in [1.29, 1.82) is 0 Å². The molecule has 0 aliphatic heterocycles. The highest BCUT2D eigenvalue weighted by Gasteiger charge is 2.39. The molecule has 1 N–H and O–H groups in total. The topological polar surface area (TPSA) is 73.2 Å². The van der Waals surface area contributed by atoms with Crippen LogP contribution in [-0.4, -0.2) is 22.6 Å². The quantitative estimate of drug-likeness (QED) is 0.488. The predicted molar refractivity (Wildman–Crippen MR) is 125 cm³/mol. The third-order valence-corrected chi connectivity index (χ3v) is 5.82. The molecule has 0 radical (unpaired) electrons. The van der Waals surface area contributed by atoms with Gasteiger partial charge in [-0.05, 0) is 55.2 Å². The Kier molecular flexibility index (Phi) is 5.19. The number of anilines is 1. The minimum absolute atomic E-state index is 0.111. The summed E-state index contributed by atoms with van der Waals surface area (Å²) in [5.41, 5.74) is 2.86. The first kappa shape index (κ1) is 20.0.